The Morgan fingerprint density at radius 3 is 1.49 bits per heavy atom. The second-order valence-electron chi connectivity index (χ2n) is 12.9. The zero-order valence-electron chi connectivity index (χ0n) is 28.0. The van der Waals surface area contributed by atoms with Crippen LogP contribution in [0.4, 0.5) is 34.5 Å². The Morgan fingerprint density at radius 1 is 0.340 bits per heavy atom. The lowest BCUT2D eigenvalue weighted by atomic mass is 10.1. The van der Waals surface area contributed by atoms with Crippen LogP contribution in [0.1, 0.15) is 0 Å². The average Bonchev–Trinajstić information content (AvgIpc) is 3.89. The first-order valence-corrected chi connectivity index (χ1v) is 17.3. The summed E-state index contributed by atoms with van der Waals surface area (Å²) in [6.45, 7) is 0. The quantitative estimate of drug-likeness (QED) is 0.171. The van der Waals surface area contributed by atoms with Gasteiger partial charge in [-0.15, -0.1) is 0 Å². The number of anilines is 6. The molecule has 53 heavy (non-hydrogen) atoms. The van der Waals surface area contributed by atoms with Crippen molar-refractivity contribution in [2.75, 3.05) is 9.80 Å². The van der Waals surface area contributed by atoms with Crippen LogP contribution in [0.2, 0.25) is 0 Å². The third-order valence-electron chi connectivity index (χ3n) is 9.76. The zero-order chi connectivity index (χ0) is 34.9. The van der Waals surface area contributed by atoms with E-state index in [1.807, 2.05) is 114 Å². The molecule has 0 saturated carbocycles. The Morgan fingerprint density at radius 2 is 0.849 bits per heavy atom. The molecule has 0 fully saturated rings. The monoisotopic (exact) mass is 685 g/mol. The van der Waals surface area contributed by atoms with E-state index >= 15 is 0 Å². The first kappa shape index (κ1) is 29.3. The number of fused-ring (bicyclic) bond motifs is 9. The summed E-state index contributed by atoms with van der Waals surface area (Å²) in [5.74, 6) is 2.08. The van der Waals surface area contributed by atoms with E-state index in [-0.39, 0.29) is 0 Å². The van der Waals surface area contributed by atoms with E-state index in [9.17, 15) is 0 Å². The van der Waals surface area contributed by atoms with Crippen LogP contribution in [0.5, 0.6) is 0 Å². The number of aromatic nitrogens is 3. The molecule has 0 atom stereocenters. The first-order valence-electron chi connectivity index (χ1n) is 17.3. The highest BCUT2D eigenvalue weighted by atomic mass is 16.3. The fraction of sp³-hybridized carbons (Fsp3) is 0. The number of rotatable bonds is 6. The molecule has 0 aliphatic rings. The van der Waals surface area contributed by atoms with Crippen molar-refractivity contribution in [2.45, 2.75) is 0 Å². The molecule has 11 aromatic rings. The van der Waals surface area contributed by atoms with Gasteiger partial charge in [-0.05, 0) is 72.8 Å². The van der Waals surface area contributed by atoms with E-state index in [1.165, 1.54) is 0 Å². The van der Waals surface area contributed by atoms with Crippen molar-refractivity contribution in [1.82, 2.24) is 15.0 Å². The lowest BCUT2D eigenvalue weighted by Crippen LogP contribution is -2.12. The van der Waals surface area contributed by atoms with Gasteiger partial charge in [0, 0.05) is 62.0 Å². The van der Waals surface area contributed by atoms with Gasteiger partial charge in [0.2, 0.25) is 11.4 Å². The number of hydrogen-bond donors (Lipinski definition) is 0. The number of nitrogens with zero attached hydrogens (tertiary/aromatic N) is 5. The van der Waals surface area contributed by atoms with Crippen molar-refractivity contribution < 1.29 is 13.3 Å². The molecule has 5 aromatic carbocycles. The maximum Gasteiger partial charge on any atom is 0.229 e. The molecule has 0 unspecified atom stereocenters. The maximum absolute atomic E-state index is 6.63. The summed E-state index contributed by atoms with van der Waals surface area (Å²) in [7, 11) is 0. The van der Waals surface area contributed by atoms with Crippen molar-refractivity contribution in [3.8, 4) is 0 Å². The molecular formula is C45H27N5O3. The summed E-state index contributed by atoms with van der Waals surface area (Å²) in [6, 6.07) is 52.6. The summed E-state index contributed by atoms with van der Waals surface area (Å²) in [4.78, 5) is 19.1. The standard InChI is InChI=1S/C45H27N5O3/c1-3-11-28(12-4-1)49(41-23-21-34-31-15-7-9-17-37(31)52-44(34)47-41)30-19-20-33-36-27-46-43(26-40(36)51-39(33)25-30)50(29-13-5-2-6-14-29)42-24-22-35-32-16-8-10-18-38(32)53-45(35)48-42/h1-27H. The van der Waals surface area contributed by atoms with E-state index in [0.717, 1.165) is 71.9 Å². The second-order valence-corrected chi connectivity index (χ2v) is 12.9. The summed E-state index contributed by atoms with van der Waals surface area (Å²) < 4.78 is 19.0. The smallest absolute Gasteiger partial charge is 0.229 e. The van der Waals surface area contributed by atoms with E-state index in [4.69, 9.17) is 28.2 Å². The van der Waals surface area contributed by atoms with Gasteiger partial charge in [0.05, 0.1) is 5.69 Å². The fourth-order valence-electron chi connectivity index (χ4n) is 7.30. The van der Waals surface area contributed by atoms with Gasteiger partial charge in [0.1, 0.15) is 39.8 Å². The van der Waals surface area contributed by atoms with E-state index < -0.39 is 0 Å². The number of pyridine rings is 3. The van der Waals surface area contributed by atoms with Gasteiger partial charge in [-0.1, -0.05) is 72.8 Å². The molecule has 8 nitrogen and oxygen atoms in total. The van der Waals surface area contributed by atoms with E-state index in [2.05, 4.69) is 59.5 Å². The van der Waals surface area contributed by atoms with Crippen molar-refractivity contribution in [3.05, 3.63) is 164 Å². The molecule has 0 aliphatic heterocycles. The van der Waals surface area contributed by atoms with Crippen LogP contribution in [0.25, 0.3) is 66.1 Å². The Hall–Kier alpha value is -7.45. The molecule has 8 heteroatoms. The Kier molecular flexibility index (Phi) is 6.38. The molecule has 0 N–H and O–H groups in total. The number of furan rings is 3. The molecule has 0 spiro atoms. The van der Waals surface area contributed by atoms with Crippen molar-refractivity contribution in [1.29, 1.82) is 0 Å². The van der Waals surface area contributed by atoms with Gasteiger partial charge in [0.25, 0.3) is 0 Å². The third kappa shape index (κ3) is 4.73. The molecule has 11 rings (SSSR count). The average molecular weight is 686 g/mol. The van der Waals surface area contributed by atoms with Gasteiger partial charge in [-0.2, -0.15) is 9.97 Å². The maximum atomic E-state index is 6.63. The van der Waals surface area contributed by atoms with Crippen LogP contribution in [0.3, 0.4) is 0 Å². The summed E-state index contributed by atoms with van der Waals surface area (Å²) >= 11 is 0. The third-order valence-corrected chi connectivity index (χ3v) is 9.76. The molecule has 0 saturated heterocycles. The molecule has 0 aliphatic carbocycles. The second kappa shape index (κ2) is 11.5. The molecule has 6 aromatic heterocycles. The molecule has 0 amide bonds. The summed E-state index contributed by atoms with van der Waals surface area (Å²) in [5, 5.41) is 5.89. The van der Waals surface area contributed by atoms with Crippen LogP contribution in [0, 0.1) is 0 Å². The normalized spacial score (nSPS) is 11.8. The highest BCUT2D eigenvalue weighted by molar-refractivity contribution is 6.08. The van der Waals surface area contributed by atoms with Crippen LogP contribution < -0.4 is 9.80 Å². The number of para-hydroxylation sites is 4. The zero-order valence-corrected chi connectivity index (χ0v) is 28.0. The Balaban J connectivity index is 1.03. The SMILES string of the molecule is c1ccc(N(c2ccc3c(c2)oc2cc(N(c4ccccc4)c4ccc5c(n4)oc4ccccc45)ncc23)c2ccc3c(n2)oc2ccccc23)cc1. The molecular weight excluding hydrogens is 659 g/mol. The van der Waals surface area contributed by atoms with E-state index in [1.54, 1.807) is 0 Å². The van der Waals surface area contributed by atoms with Crippen LogP contribution in [-0.4, -0.2) is 15.0 Å². The molecule has 250 valence electrons. The lowest BCUT2D eigenvalue weighted by Gasteiger charge is -2.24. The minimum atomic E-state index is 0.568. The van der Waals surface area contributed by atoms with Gasteiger partial charge < -0.3 is 13.3 Å². The predicted molar refractivity (Wildman–Crippen MR) is 211 cm³/mol. The van der Waals surface area contributed by atoms with Crippen LogP contribution in [0.15, 0.2) is 177 Å². The minimum absolute atomic E-state index is 0.568. The number of benzene rings is 5. The van der Waals surface area contributed by atoms with Crippen molar-refractivity contribution >= 4 is 101 Å². The van der Waals surface area contributed by atoms with Crippen molar-refractivity contribution in [3.63, 3.8) is 0 Å². The molecule has 0 bridgehead atoms. The molecule has 0 radical (unpaired) electrons. The Bertz CT molecular complexity index is 2940. The number of hydrogen-bond acceptors (Lipinski definition) is 8. The van der Waals surface area contributed by atoms with Gasteiger partial charge in [0.15, 0.2) is 0 Å². The fourth-order valence-corrected chi connectivity index (χ4v) is 7.30. The highest BCUT2D eigenvalue weighted by Crippen LogP contribution is 2.41. The topological polar surface area (TPSA) is 84.6 Å². The van der Waals surface area contributed by atoms with E-state index in [0.29, 0.717) is 28.6 Å². The minimum Gasteiger partial charge on any atom is -0.456 e. The van der Waals surface area contributed by atoms with Gasteiger partial charge >= 0.3 is 0 Å². The summed E-state index contributed by atoms with van der Waals surface area (Å²) in [5.41, 5.74) is 6.98. The van der Waals surface area contributed by atoms with Gasteiger partial charge in [-0.3, -0.25) is 9.80 Å². The largest absolute Gasteiger partial charge is 0.456 e. The lowest BCUT2D eigenvalue weighted by molar-refractivity contribution is 0.654. The van der Waals surface area contributed by atoms with Crippen LogP contribution >= 0.6 is 0 Å². The summed E-state index contributed by atoms with van der Waals surface area (Å²) in [6.07, 6.45) is 1.87. The molecule has 6 heterocycles. The van der Waals surface area contributed by atoms with Crippen molar-refractivity contribution in [2.24, 2.45) is 0 Å². The van der Waals surface area contributed by atoms with Crippen LogP contribution in [-0.2, 0) is 0 Å². The van der Waals surface area contributed by atoms with Gasteiger partial charge in [-0.25, -0.2) is 4.98 Å². The first-order chi connectivity index (χ1) is 26.2. The highest BCUT2D eigenvalue weighted by Gasteiger charge is 2.21. The Labute approximate surface area is 301 Å². The predicted octanol–water partition coefficient (Wildman–Crippen LogP) is 12.5.